The zero-order valence-electron chi connectivity index (χ0n) is 17.9. The van der Waals surface area contributed by atoms with Gasteiger partial charge in [-0.05, 0) is 22.6 Å². The fourth-order valence-corrected chi connectivity index (χ4v) is 3.76. The highest BCUT2D eigenvalue weighted by Gasteiger charge is 2.37. The largest absolute Gasteiger partial charge is 0.445 e. The van der Waals surface area contributed by atoms with Crippen LogP contribution < -0.4 is 11.1 Å². The number of primary amides is 1. The third-order valence-corrected chi connectivity index (χ3v) is 5.58. The smallest absolute Gasteiger partial charge is 0.411 e. The molecule has 8 nitrogen and oxygen atoms in total. The van der Waals surface area contributed by atoms with E-state index in [9.17, 15) is 14.4 Å². The summed E-state index contributed by atoms with van der Waals surface area (Å²) in [5, 5.41) is 11.6. The van der Waals surface area contributed by atoms with Gasteiger partial charge in [-0.2, -0.15) is 5.26 Å². The first-order chi connectivity index (χ1) is 15.4. The van der Waals surface area contributed by atoms with Gasteiger partial charge in [0.1, 0.15) is 18.7 Å². The Balaban J connectivity index is 1.79. The number of amides is 3. The average Bonchev–Trinajstić information content (AvgIpc) is 2.80. The van der Waals surface area contributed by atoms with E-state index in [0.717, 1.165) is 16.7 Å². The number of nitriles is 1. The first-order valence-electron chi connectivity index (χ1n) is 10.4. The summed E-state index contributed by atoms with van der Waals surface area (Å²) >= 11 is 0. The van der Waals surface area contributed by atoms with Gasteiger partial charge in [-0.25, -0.2) is 4.79 Å². The van der Waals surface area contributed by atoms with Gasteiger partial charge in [0.15, 0.2) is 0 Å². The molecule has 1 aliphatic rings. The van der Waals surface area contributed by atoms with Gasteiger partial charge in [0.05, 0.1) is 12.6 Å². The van der Waals surface area contributed by atoms with Crippen molar-refractivity contribution < 1.29 is 19.1 Å². The second-order valence-corrected chi connectivity index (χ2v) is 7.88. The standard InChI is InChI=1S/C24H26N4O4/c1-16(11-12-25)21(22(26)29)27-23(30)20-13-18-9-5-6-10-19(18)14-28(20)24(31)32-15-17-7-3-2-4-8-17/h2-10,16,20-21H,11,13-15H2,1H3,(H2,26,29)(H,27,30)/t16-,20-,21+/m0/s1. The zero-order chi connectivity index (χ0) is 23.1. The molecule has 1 heterocycles. The van der Waals surface area contributed by atoms with Crippen LogP contribution in [0.5, 0.6) is 0 Å². The Kier molecular flexibility index (Phi) is 7.45. The van der Waals surface area contributed by atoms with Crippen molar-refractivity contribution in [1.82, 2.24) is 10.2 Å². The van der Waals surface area contributed by atoms with Crippen LogP contribution in [0.2, 0.25) is 0 Å². The molecule has 0 saturated heterocycles. The van der Waals surface area contributed by atoms with Crippen molar-refractivity contribution in [3.63, 3.8) is 0 Å². The van der Waals surface area contributed by atoms with Gasteiger partial charge in [0.25, 0.3) is 0 Å². The van der Waals surface area contributed by atoms with Crippen LogP contribution in [0.1, 0.15) is 30.0 Å². The molecule has 2 aromatic rings. The molecule has 0 spiro atoms. The zero-order valence-corrected chi connectivity index (χ0v) is 17.9. The normalized spacial score (nSPS) is 16.8. The molecule has 1 aliphatic heterocycles. The van der Waals surface area contributed by atoms with Crippen molar-refractivity contribution in [2.24, 2.45) is 11.7 Å². The predicted molar refractivity (Wildman–Crippen MR) is 117 cm³/mol. The maximum atomic E-state index is 13.2. The monoisotopic (exact) mass is 434 g/mol. The number of hydrogen-bond acceptors (Lipinski definition) is 5. The predicted octanol–water partition coefficient (Wildman–Crippen LogP) is 2.27. The van der Waals surface area contributed by atoms with Crippen LogP contribution in [0.4, 0.5) is 4.79 Å². The minimum atomic E-state index is -1.01. The summed E-state index contributed by atoms with van der Waals surface area (Å²) in [4.78, 5) is 39.4. The summed E-state index contributed by atoms with van der Waals surface area (Å²) in [6.07, 6.45) is -0.283. The van der Waals surface area contributed by atoms with E-state index in [-0.39, 0.29) is 26.0 Å². The van der Waals surface area contributed by atoms with Crippen LogP contribution in [-0.2, 0) is 33.9 Å². The Morgan fingerprint density at radius 1 is 1.16 bits per heavy atom. The quantitative estimate of drug-likeness (QED) is 0.691. The second-order valence-electron chi connectivity index (χ2n) is 7.88. The molecule has 0 fully saturated rings. The second kappa shape index (κ2) is 10.4. The molecule has 3 amide bonds. The fourth-order valence-electron chi connectivity index (χ4n) is 3.76. The van der Waals surface area contributed by atoms with Crippen LogP contribution >= 0.6 is 0 Å². The van der Waals surface area contributed by atoms with Gasteiger partial charge < -0.3 is 15.8 Å². The summed E-state index contributed by atoms with van der Waals surface area (Å²) in [5.74, 6) is -1.70. The van der Waals surface area contributed by atoms with E-state index in [1.165, 1.54) is 4.90 Å². The van der Waals surface area contributed by atoms with Crippen LogP contribution in [-0.4, -0.2) is 34.9 Å². The Hall–Kier alpha value is -3.86. The average molecular weight is 434 g/mol. The Labute approximate surface area is 187 Å². The summed E-state index contributed by atoms with van der Waals surface area (Å²) in [6.45, 7) is 1.95. The number of rotatable bonds is 7. The van der Waals surface area contributed by atoms with Crippen molar-refractivity contribution in [1.29, 1.82) is 5.26 Å². The minimum Gasteiger partial charge on any atom is -0.445 e. The number of fused-ring (bicyclic) bond motifs is 1. The molecule has 0 radical (unpaired) electrons. The molecule has 0 aromatic heterocycles. The van der Waals surface area contributed by atoms with Crippen molar-refractivity contribution in [2.45, 2.75) is 45.0 Å². The van der Waals surface area contributed by atoms with E-state index < -0.39 is 35.9 Å². The van der Waals surface area contributed by atoms with Gasteiger partial charge in [-0.15, -0.1) is 0 Å². The molecule has 3 rings (SSSR count). The van der Waals surface area contributed by atoms with Crippen molar-refractivity contribution >= 4 is 17.9 Å². The number of ether oxygens (including phenoxy) is 1. The molecule has 8 heteroatoms. The molecular weight excluding hydrogens is 408 g/mol. The maximum absolute atomic E-state index is 13.2. The van der Waals surface area contributed by atoms with E-state index in [2.05, 4.69) is 5.32 Å². The van der Waals surface area contributed by atoms with Gasteiger partial charge in [0.2, 0.25) is 11.8 Å². The Bertz CT molecular complexity index is 1020. The number of hydrogen-bond donors (Lipinski definition) is 2. The first-order valence-corrected chi connectivity index (χ1v) is 10.4. The third-order valence-electron chi connectivity index (χ3n) is 5.58. The van der Waals surface area contributed by atoms with Crippen LogP contribution in [0.25, 0.3) is 0 Å². The third kappa shape index (κ3) is 5.43. The highest BCUT2D eigenvalue weighted by molar-refractivity contribution is 5.91. The summed E-state index contributed by atoms with van der Waals surface area (Å²) in [6, 6.07) is 16.9. The van der Waals surface area contributed by atoms with Crippen LogP contribution in [0.3, 0.4) is 0 Å². The summed E-state index contributed by atoms with van der Waals surface area (Å²) < 4.78 is 5.47. The molecule has 0 aliphatic carbocycles. The highest BCUT2D eigenvalue weighted by atomic mass is 16.6. The number of nitrogens with one attached hydrogen (secondary N) is 1. The van der Waals surface area contributed by atoms with Crippen molar-refractivity contribution in [3.05, 3.63) is 71.3 Å². The lowest BCUT2D eigenvalue weighted by molar-refractivity contribution is -0.131. The fraction of sp³-hybridized carbons (Fsp3) is 0.333. The number of carbonyl (C=O) groups excluding carboxylic acids is 3. The van der Waals surface area contributed by atoms with E-state index in [1.54, 1.807) is 6.92 Å². The molecule has 0 bridgehead atoms. The lowest BCUT2D eigenvalue weighted by Crippen LogP contribution is -2.57. The van der Waals surface area contributed by atoms with Gasteiger partial charge >= 0.3 is 6.09 Å². The summed E-state index contributed by atoms with van der Waals surface area (Å²) in [5.41, 5.74) is 8.17. The van der Waals surface area contributed by atoms with E-state index in [4.69, 9.17) is 15.7 Å². The van der Waals surface area contributed by atoms with Crippen LogP contribution in [0, 0.1) is 17.2 Å². The lowest BCUT2D eigenvalue weighted by atomic mass is 9.92. The summed E-state index contributed by atoms with van der Waals surface area (Å²) in [7, 11) is 0. The number of carbonyl (C=O) groups is 3. The van der Waals surface area contributed by atoms with Crippen molar-refractivity contribution in [2.75, 3.05) is 0 Å². The Morgan fingerprint density at radius 2 is 1.81 bits per heavy atom. The molecular formula is C24H26N4O4. The van der Waals surface area contributed by atoms with E-state index in [1.807, 2.05) is 60.7 Å². The van der Waals surface area contributed by atoms with Crippen molar-refractivity contribution in [3.8, 4) is 6.07 Å². The van der Waals surface area contributed by atoms with E-state index >= 15 is 0 Å². The van der Waals surface area contributed by atoms with Gasteiger partial charge in [-0.3, -0.25) is 14.5 Å². The molecule has 3 atom stereocenters. The number of benzene rings is 2. The highest BCUT2D eigenvalue weighted by Crippen LogP contribution is 2.25. The molecule has 3 N–H and O–H groups in total. The number of nitrogens with zero attached hydrogens (tertiary/aromatic N) is 2. The maximum Gasteiger partial charge on any atom is 0.411 e. The molecule has 32 heavy (non-hydrogen) atoms. The van der Waals surface area contributed by atoms with Gasteiger partial charge in [-0.1, -0.05) is 61.5 Å². The minimum absolute atomic E-state index is 0.0597. The lowest BCUT2D eigenvalue weighted by Gasteiger charge is -2.36. The molecule has 2 aromatic carbocycles. The molecule has 166 valence electrons. The first kappa shape index (κ1) is 22.8. The number of nitrogens with two attached hydrogens (primary N) is 1. The molecule has 0 saturated carbocycles. The van der Waals surface area contributed by atoms with Crippen LogP contribution in [0.15, 0.2) is 54.6 Å². The van der Waals surface area contributed by atoms with Gasteiger partial charge in [0, 0.05) is 12.8 Å². The van der Waals surface area contributed by atoms with E-state index in [0.29, 0.717) is 0 Å². The molecule has 0 unspecified atom stereocenters. The topological polar surface area (TPSA) is 126 Å². The SMILES string of the molecule is C[C@@H](CC#N)[C@@H](NC(=O)[C@@H]1Cc2ccccc2CN1C(=O)OCc1ccccc1)C(N)=O. The Morgan fingerprint density at radius 3 is 2.47 bits per heavy atom.